The molecule has 0 radical (unpaired) electrons. The number of pyridine rings is 1. The van der Waals surface area contributed by atoms with Crippen LogP contribution in [0.3, 0.4) is 0 Å². The van der Waals surface area contributed by atoms with Crippen LogP contribution in [0.4, 0.5) is 5.82 Å². The number of amides is 1. The number of hydrogen-bond acceptors (Lipinski definition) is 5. The molecule has 0 fully saturated rings. The van der Waals surface area contributed by atoms with E-state index in [1.54, 1.807) is 12.1 Å². The fourth-order valence-electron chi connectivity index (χ4n) is 2.75. The highest BCUT2D eigenvalue weighted by molar-refractivity contribution is 5.98. The fourth-order valence-corrected chi connectivity index (χ4v) is 2.75. The maximum atomic E-state index is 12.4. The van der Waals surface area contributed by atoms with Gasteiger partial charge in [-0.1, -0.05) is 30.3 Å². The van der Waals surface area contributed by atoms with E-state index in [1.807, 2.05) is 61.5 Å². The van der Waals surface area contributed by atoms with Gasteiger partial charge in [-0.15, -0.1) is 0 Å². The van der Waals surface area contributed by atoms with Gasteiger partial charge in [-0.25, -0.2) is 4.98 Å². The van der Waals surface area contributed by atoms with Crippen molar-refractivity contribution in [3.63, 3.8) is 0 Å². The van der Waals surface area contributed by atoms with Gasteiger partial charge in [-0.05, 0) is 48.9 Å². The van der Waals surface area contributed by atoms with Gasteiger partial charge >= 0.3 is 0 Å². The van der Waals surface area contributed by atoms with Crippen LogP contribution in [0.5, 0.6) is 11.5 Å². The zero-order chi connectivity index (χ0) is 20.5. The van der Waals surface area contributed by atoms with E-state index < -0.39 is 0 Å². The second-order valence-electron chi connectivity index (χ2n) is 6.42. The Morgan fingerprint density at radius 2 is 1.72 bits per heavy atom. The predicted molar refractivity (Wildman–Crippen MR) is 113 cm³/mol. The normalized spacial score (nSPS) is 10.5. The Bertz CT molecular complexity index is 928. The van der Waals surface area contributed by atoms with Crippen LogP contribution in [-0.4, -0.2) is 24.1 Å². The van der Waals surface area contributed by atoms with Crippen molar-refractivity contribution in [2.75, 3.05) is 18.9 Å². The second kappa shape index (κ2) is 10.2. The van der Waals surface area contributed by atoms with Crippen molar-refractivity contribution in [2.45, 2.75) is 19.9 Å². The van der Waals surface area contributed by atoms with Gasteiger partial charge in [0.15, 0.2) is 0 Å². The minimum atomic E-state index is -0.254. The van der Waals surface area contributed by atoms with Crippen LogP contribution in [0.15, 0.2) is 66.7 Å². The number of ether oxygens (including phenoxy) is 2. The first-order chi connectivity index (χ1) is 14.2. The zero-order valence-electron chi connectivity index (χ0n) is 16.4. The van der Waals surface area contributed by atoms with Gasteiger partial charge in [-0.2, -0.15) is 0 Å². The molecule has 0 bridgehead atoms. The summed E-state index contributed by atoms with van der Waals surface area (Å²) >= 11 is 0. The lowest BCUT2D eigenvalue weighted by Gasteiger charge is -2.10. The van der Waals surface area contributed by atoms with Crippen molar-refractivity contribution >= 4 is 11.7 Å². The highest BCUT2D eigenvalue weighted by Gasteiger charge is 2.11. The molecule has 0 saturated heterocycles. The topological polar surface area (TPSA) is 86.5 Å². The van der Waals surface area contributed by atoms with E-state index in [1.165, 1.54) is 0 Å². The largest absolute Gasteiger partial charge is 0.457 e. The van der Waals surface area contributed by atoms with Crippen molar-refractivity contribution < 1.29 is 14.3 Å². The van der Waals surface area contributed by atoms with Gasteiger partial charge in [0.2, 0.25) is 0 Å². The molecule has 1 heterocycles. The Morgan fingerprint density at radius 3 is 2.41 bits per heavy atom. The quantitative estimate of drug-likeness (QED) is 0.539. The van der Waals surface area contributed by atoms with E-state index in [4.69, 9.17) is 15.2 Å². The van der Waals surface area contributed by atoms with E-state index in [0.717, 1.165) is 22.8 Å². The molecule has 0 aliphatic heterocycles. The Morgan fingerprint density at radius 1 is 1.00 bits per heavy atom. The Balaban J connectivity index is 1.53. The van der Waals surface area contributed by atoms with Crippen molar-refractivity contribution in [3.05, 3.63) is 83.6 Å². The lowest BCUT2D eigenvalue weighted by molar-refractivity contribution is 0.0951. The third-order valence-electron chi connectivity index (χ3n) is 4.29. The first kappa shape index (κ1) is 20.4. The molecule has 6 heteroatoms. The molecule has 150 valence electrons. The summed E-state index contributed by atoms with van der Waals surface area (Å²) < 4.78 is 11.1. The van der Waals surface area contributed by atoms with Crippen molar-refractivity contribution in [2.24, 2.45) is 0 Å². The maximum Gasteiger partial charge on any atom is 0.255 e. The van der Waals surface area contributed by atoms with E-state index in [-0.39, 0.29) is 11.7 Å². The van der Waals surface area contributed by atoms with E-state index in [9.17, 15) is 4.79 Å². The number of carbonyl (C=O) groups is 1. The van der Waals surface area contributed by atoms with E-state index >= 15 is 0 Å². The van der Waals surface area contributed by atoms with Crippen LogP contribution in [0.25, 0.3) is 0 Å². The fraction of sp³-hybridized carbons (Fsp3) is 0.217. The smallest absolute Gasteiger partial charge is 0.255 e. The molecule has 0 unspecified atom stereocenters. The van der Waals surface area contributed by atoms with Gasteiger partial charge in [0.05, 0.1) is 12.2 Å². The summed E-state index contributed by atoms with van der Waals surface area (Å²) in [6, 6.07) is 20.7. The molecule has 0 atom stereocenters. The van der Waals surface area contributed by atoms with Crippen LogP contribution in [0.1, 0.15) is 28.5 Å². The predicted octanol–water partition coefficient (Wildman–Crippen LogP) is 3.97. The summed E-state index contributed by atoms with van der Waals surface area (Å²) in [7, 11) is 0. The first-order valence-electron chi connectivity index (χ1n) is 9.59. The molecule has 0 spiro atoms. The molecular weight excluding hydrogens is 366 g/mol. The molecule has 3 aromatic rings. The summed E-state index contributed by atoms with van der Waals surface area (Å²) in [6.45, 7) is 3.57. The van der Waals surface area contributed by atoms with Crippen LogP contribution in [0.2, 0.25) is 0 Å². The highest BCUT2D eigenvalue weighted by Crippen LogP contribution is 2.21. The third kappa shape index (κ3) is 6.05. The molecule has 0 saturated carbocycles. The third-order valence-corrected chi connectivity index (χ3v) is 4.29. The first-order valence-corrected chi connectivity index (χ1v) is 9.59. The average Bonchev–Trinajstić information content (AvgIpc) is 2.74. The minimum absolute atomic E-state index is 0.225. The standard InChI is InChI=1S/C23H25N3O3/c1-2-28-15-14-18-10-13-21(22(24)26-18)23(27)25-16-17-8-11-20(12-9-17)29-19-6-4-3-5-7-19/h3-13H,2,14-16H2,1H3,(H2,24,26)(H,25,27). The van der Waals surface area contributed by atoms with Gasteiger partial charge in [0, 0.05) is 25.3 Å². The number of anilines is 1. The number of hydrogen-bond donors (Lipinski definition) is 2. The zero-order valence-corrected chi connectivity index (χ0v) is 16.4. The Hall–Kier alpha value is -3.38. The molecular formula is C23H25N3O3. The van der Waals surface area contributed by atoms with Crippen molar-refractivity contribution in [1.82, 2.24) is 10.3 Å². The van der Waals surface area contributed by atoms with Crippen LogP contribution >= 0.6 is 0 Å². The number of rotatable bonds is 9. The number of benzene rings is 2. The van der Waals surface area contributed by atoms with Gasteiger partial charge < -0.3 is 20.5 Å². The number of aromatic nitrogens is 1. The molecule has 0 aliphatic carbocycles. The Labute approximate surface area is 170 Å². The van der Waals surface area contributed by atoms with Crippen molar-refractivity contribution in [1.29, 1.82) is 0 Å². The highest BCUT2D eigenvalue weighted by atomic mass is 16.5. The van der Waals surface area contributed by atoms with Gasteiger partial charge in [0.1, 0.15) is 17.3 Å². The summed E-state index contributed by atoms with van der Waals surface area (Å²) in [6.07, 6.45) is 0.664. The molecule has 1 aromatic heterocycles. The SMILES string of the molecule is CCOCCc1ccc(C(=O)NCc2ccc(Oc3ccccc3)cc2)c(N)n1. The maximum absolute atomic E-state index is 12.4. The molecule has 3 N–H and O–H groups in total. The van der Waals surface area contributed by atoms with E-state index in [2.05, 4.69) is 10.3 Å². The number of para-hydroxylation sites is 1. The summed E-state index contributed by atoms with van der Waals surface area (Å²) in [5.74, 6) is 1.49. The van der Waals surface area contributed by atoms with Gasteiger partial charge in [0.25, 0.3) is 5.91 Å². The number of nitrogen functional groups attached to an aromatic ring is 1. The van der Waals surface area contributed by atoms with Crippen LogP contribution < -0.4 is 15.8 Å². The minimum Gasteiger partial charge on any atom is -0.457 e. The molecule has 3 rings (SSSR count). The number of nitrogens with two attached hydrogens (primary N) is 1. The molecule has 0 aliphatic rings. The average molecular weight is 391 g/mol. The second-order valence-corrected chi connectivity index (χ2v) is 6.42. The van der Waals surface area contributed by atoms with Crippen LogP contribution in [-0.2, 0) is 17.7 Å². The Kier molecular flexibility index (Phi) is 7.19. The molecule has 1 amide bonds. The summed E-state index contributed by atoms with van der Waals surface area (Å²) in [4.78, 5) is 16.7. The number of carbonyl (C=O) groups excluding carboxylic acids is 1. The summed E-state index contributed by atoms with van der Waals surface area (Å²) in [5, 5.41) is 2.87. The molecule has 2 aromatic carbocycles. The number of nitrogens with one attached hydrogen (secondary N) is 1. The molecule has 6 nitrogen and oxygen atoms in total. The number of nitrogens with zero attached hydrogens (tertiary/aromatic N) is 1. The van der Waals surface area contributed by atoms with Crippen molar-refractivity contribution in [3.8, 4) is 11.5 Å². The van der Waals surface area contributed by atoms with E-state index in [0.29, 0.717) is 31.7 Å². The summed E-state index contributed by atoms with van der Waals surface area (Å²) in [5.41, 5.74) is 8.09. The van der Waals surface area contributed by atoms with Crippen LogP contribution in [0, 0.1) is 0 Å². The lowest BCUT2D eigenvalue weighted by atomic mass is 10.1. The van der Waals surface area contributed by atoms with Gasteiger partial charge in [-0.3, -0.25) is 4.79 Å². The lowest BCUT2D eigenvalue weighted by Crippen LogP contribution is -2.24. The monoisotopic (exact) mass is 391 g/mol. The molecule has 29 heavy (non-hydrogen) atoms.